The number of aromatic amines is 1. The minimum absolute atomic E-state index is 0.0645. The number of esters is 1. The third kappa shape index (κ3) is 4.98. The van der Waals surface area contributed by atoms with Gasteiger partial charge in [-0.25, -0.2) is 4.79 Å². The fourth-order valence-electron chi connectivity index (χ4n) is 4.24. The standard InChI is InChI=1S/C21H32N4O4/c1-4-29-21(28)18-14(2)19(22-15(18)3)20(27)23-16-7-11-24(12-8-16)13-17(26)25-9-5-6-10-25/h16,22H,4-13H2,1-3H3,(H,23,27). The maximum atomic E-state index is 12.7. The number of likely N-dealkylation sites (tertiary alicyclic amines) is 2. The van der Waals surface area contributed by atoms with Crippen LogP contribution in [0.4, 0.5) is 0 Å². The van der Waals surface area contributed by atoms with Crippen LogP contribution in [-0.2, 0) is 9.53 Å². The molecule has 8 nitrogen and oxygen atoms in total. The molecule has 1 aromatic heterocycles. The molecule has 2 N–H and O–H groups in total. The van der Waals surface area contributed by atoms with Gasteiger partial charge in [0.2, 0.25) is 5.91 Å². The van der Waals surface area contributed by atoms with Gasteiger partial charge in [0.15, 0.2) is 0 Å². The summed E-state index contributed by atoms with van der Waals surface area (Å²) < 4.78 is 5.09. The molecule has 8 heteroatoms. The Hall–Kier alpha value is -2.35. The van der Waals surface area contributed by atoms with Crippen LogP contribution >= 0.6 is 0 Å². The van der Waals surface area contributed by atoms with Gasteiger partial charge in [-0.15, -0.1) is 0 Å². The topological polar surface area (TPSA) is 94.7 Å². The lowest BCUT2D eigenvalue weighted by Gasteiger charge is -2.32. The Morgan fingerprint density at radius 3 is 2.38 bits per heavy atom. The van der Waals surface area contributed by atoms with Crippen molar-refractivity contribution in [1.29, 1.82) is 0 Å². The molecule has 0 radical (unpaired) electrons. The lowest BCUT2D eigenvalue weighted by Crippen LogP contribution is -2.47. The summed E-state index contributed by atoms with van der Waals surface area (Å²) >= 11 is 0. The Balaban J connectivity index is 1.51. The molecule has 2 fully saturated rings. The zero-order chi connectivity index (χ0) is 21.0. The van der Waals surface area contributed by atoms with Crippen LogP contribution in [0.3, 0.4) is 0 Å². The molecule has 160 valence electrons. The quantitative estimate of drug-likeness (QED) is 0.703. The minimum Gasteiger partial charge on any atom is -0.462 e. The van der Waals surface area contributed by atoms with E-state index in [1.54, 1.807) is 20.8 Å². The first kappa shape index (κ1) is 21.4. The highest BCUT2D eigenvalue weighted by Gasteiger charge is 2.27. The molecule has 0 aliphatic carbocycles. The van der Waals surface area contributed by atoms with E-state index in [0.29, 0.717) is 35.7 Å². The van der Waals surface area contributed by atoms with Crippen molar-refractivity contribution in [3.05, 3.63) is 22.5 Å². The third-order valence-electron chi connectivity index (χ3n) is 5.88. The number of ether oxygens (including phenoxy) is 1. The van der Waals surface area contributed by atoms with Gasteiger partial charge in [-0.1, -0.05) is 0 Å². The Labute approximate surface area is 172 Å². The van der Waals surface area contributed by atoms with E-state index in [2.05, 4.69) is 15.2 Å². The first-order chi connectivity index (χ1) is 13.9. The van der Waals surface area contributed by atoms with E-state index < -0.39 is 5.97 Å². The van der Waals surface area contributed by atoms with Crippen molar-refractivity contribution >= 4 is 17.8 Å². The second-order valence-electron chi connectivity index (χ2n) is 7.96. The van der Waals surface area contributed by atoms with Crippen molar-refractivity contribution in [2.45, 2.75) is 52.5 Å². The van der Waals surface area contributed by atoms with Crippen LogP contribution in [0.5, 0.6) is 0 Å². The molecular formula is C21H32N4O4. The van der Waals surface area contributed by atoms with Crippen molar-refractivity contribution < 1.29 is 19.1 Å². The Bertz CT molecular complexity index is 759. The molecule has 3 rings (SSSR count). The van der Waals surface area contributed by atoms with Gasteiger partial charge in [-0.2, -0.15) is 0 Å². The lowest BCUT2D eigenvalue weighted by atomic mass is 10.0. The zero-order valence-corrected chi connectivity index (χ0v) is 17.7. The number of nitrogens with zero attached hydrogens (tertiary/aromatic N) is 2. The monoisotopic (exact) mass is 404 g/mol. The fraction of sp³-hybridized carbons (Fsp3) is 0.667. The summed E-state index contributed by atoms with van der Waals surface area (Å²) in [5.74, 6) is -0.393. The second-order valence-corrected chi connectivity index (χ2v) is 7.96. The average Bonchev–Trinajstić information content (AvgIpc) is 3.32. The molecular weight excluding hydrogens is 372 g/mol. The predicted octanol–water partition coefficient (Wildman–Crippen LogP) is 1.62. The molecule has 2 saturated heterocycles. The maximum Gasteiger partial charge on any atom is 0.340 e. The van der Waals surface area contributed by atoms with E-state index in [1.807, 2.05) is 4.90 Å². The number of aryl methyl sites for hydroxylation is 1. The SMILES string of the molecule is CCOC(=O)c1c(C)[nH]c(C(=O)NC2CCN(CC(=O)N3CCCC3)CC2)c1C. The van der Waals surface area contributed by atoms with Gasteiger partial charge in [0, 0.05) is 37.9 Å². The van der Waals surface area contributed by atoms with Crippen LogP contribution in [0.1, 0.15) is 64.7 Å². The largest absolute Gasteiger partial charge is 0.462 e. The highest BCUT2D eigenvalue weighted by Crippen LogP contribution is 2.20. The van der Waals surface area contributed by atoms with Gasteiger partial charge in [0.1, 0.15) is 5.69 Å². The van der Waals surface area contributed by atoms with Gasteiger partial charge in [-0.05, 0) is 52.0 Å². The Kier molecular flexibility index (Phi) is 6.95. The molecule has 1 aromatic rings. The number of carbonyl (C=O) groups is 3. The van der Waals surface area contributed by atoms with Crippen LogP contribution in [0.25, 0.3) is 0 Å². The zero-order valence-electron chi connectivity index (χ0n) is 17.7. The normalized spacial score (nSPS) is 18.1. The minimum atomic E-state index is -0.409. The van der Waals surface area contributed by atoms with E-state index in [0.717, 1.165) is 51.9 Å². The van der Waals surface area contributed by atoms with Gasteiger partial charge >= 0.3 is 5.97 Å². The number of rotatable bonds is 6. The molecule has 0 aromatic carbocycles. The third-order valence-corrected chi connectivity index (χ3v) is 5.88. The summed E-state index contributed by atoms with van der Waals surface area (Å²) in [5, 5.41) is 3.07. The van der Waals surface area contributed by atoms with E-state index in [9.17, 15) is 14.4 Å². The van der Waals surface area contributed by atoms with Gasteiger partial charge < -0.3 is 19.9 Å². The van der Waals surface area contributed by atoms with Gasteiger partial charge in [0.05, 0.1) is 18.7 Å². The number of carbonyl (C=O) groups excluding carboxylic acids is 3. The van der Waals surface area contributed by atoms with Crippen LogP contribution in [-0.4, -0.2) is 77.9 Å². The van der Waals surface area contributed by atoms with Crippen LogP contribution < -0.4 is 5.32 Å². The molecule has 0 atom stereocenters. The molecule has 0 bridgehead atoms. The second kappa shape index (κ2) is 9.43. The summed E-state index contributed by atoms with van der Waals surface area (Å²) in [6, 6.07) is 0.0645. The van der Waals surface area contributed by atoms with Crippen molar-refractivity contribution in [3.8, 4) is 0 Å². The number of nitrogens with one attached hydrogen (secondary N) is 2. The summed E-state index contributed by atoms with van der Waals surface area (Å²) in [6.07, 6.45) is 3.83. The number of aromatic nitrogens is 1. The number of amides is 2. The van der Waals surface area contributed by atoms with E-state index in [1.165, 1.54) is 0 Å². The first-order valence-electron chi connectivity index (χ1n) is 10.6. The fourth-order valence-corrected chi connectivity index (χ4v) is 4.24. The average molecular weight is 405 g/mol. The molecule has 29 heavy (non-hydrogen) atoms. The van der Waals surface area contributed by atoms with Crippen molar-refractivity contribution in [2.75, 3.05) is 39.3 Å². The highest BCUT2D eigenvalue weighted by atomic mass is 16.5. The summed E-state index contributed by atoms with van der Waals surface area (Å²) in [7, 11) is 0. The van der Waals surface area contributed by atoms with E-state index >= 15 is 0 Å². The molecule has 2 aliphatic heterocycles. The highest BCUT2D eigenvalue weighted by molar-refractivity contribution is 6.00. The van der Waals surface area contributed by atoms with Crippen LogP contribution in [0.2, 0.25) is 0 Å². The molecule has 2 amide bonds. The molecule has 0 unspecified atom stereocenters. The Morgan fingerprint density at radius 2 is 1.76 bits per heavy atom. The summed E-state index contributed by atoms with van der Waals surface area (Å²) in [4.78, 5) is 44.3. The van der Waals surface area contributed by atoms with Crippen molar-refractivity contribution in [3.63, 3.8) is 0 Å². The van der Waals surface area contributed by atoms with Crippen LogP contribution in [0.15, 0.2) is 0 Å². The molecule has 3 heterocycles. The smallest absolute Gasteiger partial charge is 0.340 e. The Morgan fingerprint density at radius 1 is 1.10 bits per heavy atom. The first-order valence-corrected chi connectivity index (χ1v) is 10.6. The predicted molar refractivity (Wildman–Crippen MR) is 109 cm³/mol. The van der Waals surface area contributed by atoms with Gasteiger partial charge in [-0.3, -0.25) is 14.5 Å². The van der Waals surface area contributed by atoms with Crippen molar-refractivity contribution in [1.82, 2.24) is 20.1 Å². The molecule has 2 aliphatic rings. The summed E-state index contributed by atoms with van der Waals surface area (Å²) in [5.41, 5.74) is 2.11. The van der Waals surface area contributed by atoms with E-state index in [4.69, 9.17) is 4.74 Å². The van der Waals surface area contributed by atoms with Crippen molar-refractivity contribution in [2.24, 2.45) is 0 Å². The lowest BCUT2D eigenvalue weighted by molar-refractivity contribution is -0.131. The van der Waals surface area contributed by atoms with E-state index in [-0.39, 0.29) is 17.9 Å². The maximum absolute atomic E-state index is 12.7. The summed E-state index contributed by atoms with van der Waals surface area (Å²) in [6.45, 7) is 9.41. The number of H-pyrrole nitrogens is 1. The number of hydrogen-bond donors (Lipinski definition) is 2. The van der Waals surface area contributed by atoms with Gasteiger partial charge in [0.25, 0.3) is 5.91 Å². The number of piperidine rings is 1. The molecule has 0 spiro atoms. The number of hydrogen-bond acceptors (Lipinski definition) is 5. The van der Waals surface area contributed by atoms with Crippen LogP contribution in [0, 0.1) is 13.8 Å². The molecule has 0 saturated carbocycles.